The maximum atomic E-state index is 11.1. The highest BCUT2D eigenvalue weighted by Crippen LogP contribution is 1.88. The van der Waals surface area contributed by atoms with Crippen LogP contribution in [0.25, 0.3) is 0 Å². The van der Waals surface area contributed by atoms with Crippen molar-refractivity contribution in [3.05, 3.63) is 0 Å². The average molecular weight is 233 g/mol. The van der Waals surface area contributed by atoms with Crippen molar-refractivity contribution in [3.63, 3.8) is 0 Å². The second-order valence-corrected chi connectivity index (χ2v) is 3.82. The van der Waals surface area contributed by atoms with E-state index < -0.39 is 0 Å². The van der Waals surface area contributed by atoms with Gasteiger partial charge in [-0.05, 0) is 26.7 Å². The smallest absolute Gasteiger partial charge is 0.246 e. The van der Waals surface area contributed by atoms with Gasteiger partial charge < -0.3 is 19.9 Å². The lowest BCUT2D eigenvalue weighted by Gasteiger charge is -2.08. The maximum absolute atomic E-state index is 11.1. The molecule has 2 N–H and O–H groups in total. The van der Waals surface area contributed by atoms with Gasteiger partial charge in [0.1, 0.15) is 6.61 Å². The van der Waals surface area contributed by atoms with Gasteiger partial charge in [0.15, 0.2) is 0 Å². The Morgan fingerprint density at radius 3 is 2.44 bits per heavy atom. The lowest BCUT2D eigenvalue weighted by Crippen LogP contribution is -2.33. The number of amides is 1. The number of ether oxygens (including phenoxy) is 2. The molecule has 5 nitrogen and oxygen atoms in total. The molecule has 0 heterocycles. The van der Waals surface area contributed by atoms with Crippen LogP contribution in [0.1, 0.15) is 26.7 Å². The standard InChI is InChI=1S/C11H23NO4/c1-10(2)12-11(14)9-16-8-4-7-15-6-3-5-13/h10,13H,3-9H2,1-2H3,(H,12,14). The Hall–Kier alpha value is -0.650. The van der Waals surface area contributed by atoms with Crippen molar-refractivity contribution in [1.82, 2.24) is 5.32 Å². The normalized spacial score (nSPS) is 10.8. The van der Waals surface area contributed by atoms with E-state index in [0.29, 0.717) is 26.2 Å². The van der Waals surface area contributed by atoms with Crippen LogP contribution >= 0.6 is 0 Å². The molecule has 0 aliphatic rings. The quantitative estimate of drug-likeness (QED) is 0.533. The molecule has 0 atom stereocenters. The Kier molecular flexibility index (Phi) is 10.4. The first-order valence-corrected chi connectivity index (χ1v) is 5.72. The molecule has 0 radical (unpaired) electrons. The zero-order valence-corrected chi connectivity index (χ0v) is 10.2. The van der Waals surface area contributed by atoms with Crippen LogP contribution in [0.2, 0.25) is 0 Å². The van der Waals surface area contributed by atoms with Crippen LogP contribution in [0.15, 0.2) is 0 Å². The summed E-state index contributed by atoms with van der Waals surface area (Å²) in [5, 5.41) is 11.2. The molecule has 0 aliphatic heterocycles. The van der Waals surface area contributed by atoms with E-state index in [0.717, 1.165) is 6.42 Å². The summed E-state index contributed by atoms with van der Waals surface area (Å²) >= 11 is 0. The summed E-state index contributed by atoms with van der Waals surface area (Å²) in [6.07, 6.45) is 1.43. The van der Waals surface area contributed by atoms with Crippen molar-refractivity contribution in [1.29, 1.82) is 0 Å². The molecular weight excluding hydrogens is 210 g/mol. The van der Waals surface area contributed by atoms with Gasteiger partial charge >= 0.3 is 0 Å². The second kappa shape index (κ2) is 10.9. The Balaban J connectivity index is 3.11. The fourth-order valence-corrected chi connectivity index (χ4v) is 1.06. The largest absolute Gasteiger partial charge is 0.396 e. The zero-order valence-electron chi connectivity index (χ0n) is 10.2. The molecule has 0 bridgehead atoms. The molecule has 1 amide bonds. The summed E-state index contributed by atoms with van der Waals surface area (Å²) in [4.78, 5) is 11.1. The van der Waals surface area contributed by atoms with Gasteiger partial charge in [-0.1, -0.05) is 0 Å². The predicted molar refractivity (Wildman–Crippen MR) is 61.2 cm³/mol. The number of carbonyl (C=O) groups is 1. The fraction of sp³-hybridized carbons (Fsp3) is 0.909. The minimum Gasteiger partial charge on any atom is -0.396 e. The molecule has 0 rings (SSSR count). The highest BCUT2D eigenvalue weighted by molar-refractivity contribution is 5.77. The molecule has 0 aromatic carbocycles. The molecule has 0 fully saturated rings. The first-order valence-electron chi connectivity index (χ1n) is 5.72. The number of carbonyl (C=O) groups excluding carboxylic acids is 1. The van der Waals surface area contributed by atoms with Crippen LogP contribution in [0.5, 0.6) is 0 Å². The minimum absolute atomic E-state index is 0.0869. The maximum Gasteiger partial charge on any atom is 0.246 e. The topological polar surface area (TPSA) is 67.8 Å². The van der Waals surface area contributed by atoms with Crippen molar-refractivity contribution in [2.24, 2.45) is 0 Å². The third-order valence-electron chi connectivity index (χ3n) is 1.71. The molecule has 0 saturated carbocycles. The first kappa shape index (κ1) is 15.3. The number of rotatable bonds is 10. The molecule has 16 heavy (non-hydrogen) atoms. The molecule has 0 unspecified atom stereocenters. The van der Waals surface area contributed by atoms with E-state index in [9.17, 15) is 4.79 Å². The van der Waals surface area contributed by atoms with Gasteiger partial charge in [-0.2, -0.15) is 0 Å². The van der Waals surface area contributed by atoms with Crippen molar-refractivity contribution in [2.45, 2.75) is 32.7 Å². The SMILES string of the molecule is CC(C)NC(=O)COCCCOCCCO. The van der Waals surface area contributed by atoms with Crippen molar-refractivity contribution >= 4 is 5.91 Å². The van der Waals surface area contributed by atoms with Crippen molar-refractivity contribution in [2.75, 3.05) is 33.0 Å². The Morgan fingerprint density at radius 2 is 1.81 bits per heavy atom. The van der Waals surface area contributed by atoms with Crippen LogP contribution in [-0.2, 0) is 14.3 Å². The third kappa shape index (κ3) is 11.4. The zero-order chi connectivity index (χ0) is 12.2. The van der Waals surface area contributed by atoms with E-state index in [2.05, 4.69) is 5.32 Å². The molecular formula is C11H23NO4. The summed E-state index contributed by atoms with van der Waals surface area (Å²) in [5.41, 5.74) is 0. The molecule has 96 valence electrons. The predicted octanol–water partition coefficient (Wildman–Crippen LogP) is 0.317. The Bertz CT molecular complexity index is 173. The number of hydrogen-bond acceptors (Lipinski definition) is 4. The van der Waals surface area contributed by atoms with Crippen LogP contribution in [0, 0.1) is 0 Å². The molecule has 0 aromatic rings. The first-order chi connectivity index (χ1) is 7.66. The Labute approximate surface area is 97.1 Å². The monoisotopic (exact) mass is 233 g/mol. The number of hydrogen-bond donors (Lipinski definition) is 2. The molecule has 0 saturated heterocycles. The lowest BCUT2D eigenvalue weighted by molar-refractivity contribution is -0.126. The van der Waals surface area contributed by atoms with Crippen LogP contribution in [0.3, 0.4) is 0 Å². The van der Waals surface area contributed by atoms with Crippen molar-refractivity contribution < 1.29 is 19.4 Å². The lowest BCUT2D eigenvalue weighted by atomic mass is 10.4. The van der Waals surface area contributed by atoms with E-state index in [1.165, 1.54) is 0 Å². The highest BCUT2D eigenvalue weighted by Gasteiger charge is 2.02. The summed E-state index contributed by atoms with van der Waals surface area (Å²) in [6.45, 7) is 5.78. The van der Waals surface area contributed by atoms with Crippen LogP contribution in [0.4, 0.5) is 0 Å². The van der Waals surface area contributed by atoms with E-state index in [1.807, 2.05) is 13.8 Å². The van der Waals surface area contributed by atoms with E-state index >= 15 is 0 Å². The van der Waals surface area contributed by atoms with Crippen molar-refractivity contribution in [3.8, 4) is 0 Å². The van der Waals surface area contributed by atoms with Gasteiger partial charge in [0.25, 0.3) is 0 Å². The summed E-state index contributed by atoms with van der Waals surface area (Å²) < 4.78 is 10.4. The molecule has 5 heteroatoms. The van der Waals surface area contributed by atoms with Gasteiger partial charge in [0.05, 0.1) is 0 Å². The fourth-order valence-electron chi connectivity index (χ4n) is 1.06. The minimum atomic E-state index is -0.0869. The molecule has 0 aliphatic carbocycles. The van der Waals surface area contributed by atoms with E-state index in [1.54, 1.807) is 0 Å². The Morgan fingerprint density at radius 1 is 1.19 bits per heavy atom. The van der Waals surface area contributed by atoms with Crippen LogP contribution in [-0.4, -0.2) is 50.1 Å². The summed E-state index contributed by atoms with van der Waals surface area (Å²) in [7, 11) is 0. The average Bonchev–Trinajstić information content (AvgIpc) is 2.21. The van der Waals surface area contributed by atoms with Gasteiger partial charge in [-0.15, -0.1) is 0 Å². The molecule has 0 spiro atoms. The number of aliphatic hydroxyl groups excluding tert-OH is 1. The highest BCUT2D eigenvalue weighted by atomic mass is 16.5. The van der Waals surface area contributed by atoms with Gasteiger partial charge in [0.2, 0.25) is 5.91 Å². The summed E-state index contributed by atoms with van der Waals surface area (Å²) in [6, 6.07) is 0.151. The van der Waals surface area contributed by atoms with Gasteiger partial charge in [0, 0.05) is 32.5 Å². The van der Waals surface area contributed by atoms with Gasteiger partial charge in [-0.25, -0.2) is 0 Å². The number of aliphatic hydroxyl groups is 1. The third-order valence-corrected chi connectivity index (χ3v) is 1.71. The van der Waals surface area contributed by atoms with Gasteiger partial charge in [-0.3, -0.25) is 4.79 Å². The van der Waals surface area contributed by atoms with E-state index in [4.69, 9.17) is 14.6 Å². The van der Waals surface area contributed by atoms with E-state index in [-0.39, 0.29) is 25.2 Å². The van der Waals surface area contributed by atoms with Crippen LogP contribution < -0.4 is 5.32 Å². The summed E-state index contributed by atoms with van der Waals surface area (Å²) in [5.74, 6) is -0.0869. The number of nitrogens with one attached hydrogen (secondary N) is 1. The molecule has 0 aromatic heterocycles. The second-order valence-electron chi connectivity index (χ2n) is 3.82.